The molecule has 0 radical (unpaired) electrons. The molecule has 0 fully saturated rings. The summed E-state index contributed by atoms with van der Waals surface area (Å²) in [6.45, 7) is 0. The quantitative estimate of drug-likeness (QED) is 0.654. The third kappa shape index (κ3) is 1.83. The number of phenolic OH excluding ortho intramolecular Hbond substituents is 1. The van der Waals surface area contributed by atoms with Gasteiger partial charge in [-0.1, -0.05) is 0 Å². The summed E-state index contributed by atoms with van der Waals surface area (Å²) in [5, 5.41) is 23.2. The number of carbonyl (C=O) groups is 1. The fourth-order valence-electron chi connectivity index (χ4n) is 2.08. The highest BCUT2D eigenvalue weighted by Gasteiger charge is 2.14. The molecule has 0 unspecified atom stereocenters. The molecule has 96 valence electrons. The summed E-state index contributed by atoms with van der Waals surface area (Å²) in [5.41, 5.74) is 2.21. The van der Waals surface area contributed by atoms with Gasteiger partial charge in [0.05, 0.1) is 11.4 Å². The normalized spacial score (nSPS) is 11.0. The van der Waals surface area contributed by atoms with Gasteiger partial charge in [0.2, 0.25) is 0 Å². The van der Waals surface area contributed by atoms with Crippen LogP contribution in [0.15, 0.2) is 30.3 Å². The van der Waals surface area contributed by atoms with E-state index in [1.807, 2.05) is 6.07 Å². The van der Waals surface area contributed by atoms with Crippen LogP contribution in [-0.2, 0) is 7.05 Å². The second kappa shape index (κ2) is 3.88. The average molecular weight is 257 g/mol. The molecule has 0 atom stereocenters. The molecule has 0 amide bonds. The number of H-pyrrole nitrogens is 1. The number of carboxylic acid groups (broad SMARTS) is 1. The Morgan fingerprint density at radius 2 is 2.11 bits per heavy atom. The van der Waals surface area contributed by atoms with Crippen LogP contribution in [0.5, 0.6) is 5.75 Å². The molecule has 6 nitrogen and oxygen atoms in total. The zero-order valence-corrected chi connectivity index (χ0v) is 10.1. The molecule has 0 saturated carbocycles. The maximum absolute atomic E-state index is 10.9. The highest BCUT2D eigenvalue weighted by atomic mass is 16.4. The van der Waals surface area contributed by atoms with Gasteiger partial charge in [-0.3, -0.25) is 4.68 Å². The lowest BCUT2D eigenvalue weighted by Gasteiger charge is -1.96. The molecule has 2 aromatic heterocycles. The number of aromatic carboxylic acids is 1. The summed E-state index contributed by atoms with van der Waals surface area (Å²) in [6, 6.07) is 8.41. The van der Waals surface area contributed by atoms with Crippen molar-refractivity contribution in [3.63, 3.8) is 0 Å². The maximum Gasteiger partial charge on any atom is 0.356 e. The van der Waals surface area contributed by atoms with Crippen LogP contribution >= 0.6 is 0 Å². The van der Waals surface area contributed by atoms with Crippen molar-refractivity contribution in [2.24, 2.45) is 7.05 Å². The predicted octanol–water partition coefficient (Wildman–Crippen LogP) is 1.97. The van der Waals surface area contributed by atoms with Crippen molar-refractivity contribution in [1.29, 1.82) is 0 Å². The molecular formula is C13H11N3O3. The molecule has 3 N–H and O–H groups in total. The Kier molecular flexibility index (Phi) is 2.31. The van der Waals surface area contributed by atoms with E-state index in [1.165, 1.54) is 10.7 Å². The number of carboxylic acids is 1. The van der Waals surface area contributed by atoms with Crippen molar-refractivity contribution < 1.29 is 15.0 Å². The minimum Gasteiger partial charge on any atom is -0.508 e. The van der Waals surface area contributed by atoms with Gasteiger partial charge in [-0.25, -0.2) is 4.79 Å². The van der Waals surface area contributed by atoms with Crippen LogP contribution in [0.2, 0.25) is 0 Å². The lowest BCUT2D eigenvalue weighted by Crippen LogP contribution is -1.99. The van der Waals surface area contributed by atoms with Crippen LogP contribution in [0.3, 0.4) is 0 Å². The van der Waals surface area contributed by atoms with Crippen molar-refractivity contribution in [1.82, 2.24) is 14.8 Å². The molecule has 0 saturated heterocycles. The highest BCUT2D eigenvalue weighted by Crippen LogP contribution is 2.26. The van der Waals surface area contributed by atoms with E-state index in [9.17, 15) is 9.90 Å². The third-order valence-electron chi connectivity index (χ3n) is 2.98. The van der Waals surface area contributed by atoms with Gasteiger partial charge in [0.1, 0.15) is 5.75 Å². The number of nitrogens with one attached hydrogen (secondary N) is 1. The number of hydrogen-bond donors (Lipinski definition) is 3. The van der Waals surface area contributed by atoms with Gasteiger partial charge < -0.3 is 15.2 Å². The first kappa shape index (κ1) is 11.3. The third-order valence-corrected chi connectivity index (χ3v) is 2.98. The lowest BCUT2D eigenvalue weighted by molar-refractivity contribution is 0.0689. The maximum atomic E-state index is 10.9. The monoisotopic (exact) mass is 257 g/mol. The first-order valence-corrected chi connectivity index (χ1v) is 5.64. The molecule has 0 aliphatic heterocycles. The Labute approximate surface area is 107 Å². The molecule has 6 heteroatoms. The van der Waals surface area contributed by atoms with Crippen LogP contribution in [0.4, 0.5) is 0 Å². The van der Waals surface area contributed by atoms with E-state index in [4.69, 9.17) is 5.11 Å². The second-order valence-electron chi connectivity index (χ2n) is 4.30. The Bertz CT molecular complexity index is 786. The van der Waals surface area contributed by atoms with Gasteiger partial charge in [-0.15, -0.1) is 0 Å². The number of fused-ring (bicyclic) bond motifs is 1. The minimum absolute atomic E-state index is 0.000923. The van der Waals surface area contributed by atoms with Gasteiger partial charge in [0.15, 0.2) is 5.69 Å². The van der Waals surface area contributed by atoms with Crippen LogP contribution in [-0.4, -0.2) is 30.9 Å². The number of aryl methyl sites for hydroxylation is 1. The summed E-state index contributed by atoms with van der Waals surface area (Å²) in [4.78, 5) is 14.0. The molecule has 1 aromatic carbocycles. The van der Waals surface area contributed by atoms with Crippen molar-refractivity contribution >= 4 is 16.9 Å². The summed E-state index contributed by atoms with van der Waals surface area (Å²) >= 11 is 0. The number of aromatic nitrogens is 3. The number of aromatic amines is 1. The Morgan fingerprint density at radius 3 is 2.79 bits per heavy atom. The van der Waals surface area contributed by atoms with Crippen LogP contribution in [0.25, 0.3) is 22.3 Å². The van der Waals surface area contributed by atoms with E-state index in [2.05, 4.69) is 10.1 Å². The summed E-state index contributed by atoms with van der Waals surface area (Å²) in [5.74, 6) is -0.882. The minimum atomic E-state index is -1.06. The van der Waals surface area contributed by atoms with E-state index in [0.29, 0.717) is 5.69 Å². The van der Waals surface area contributed by atoms with E-state index < -0.39 is 5.97 Å². The van der Waals surface area contributed by atoms with Crippen molar-refractivity contribution in [2.45, 2.75) is 0 Å². The van der Waals surface area contributed by atoms with Gasteiger partial charge >= 0.3 is 5.97 Å². The average Bonchev–Trinajstić information content (AvgIpc) is 2.91. The fourth-order valence-corrected chi connectivity index (χ4v) is 2.08. The summed E-state index contributed by atoms with van der Waals surface area (Å²) in [6.07, 6.45) is 0. The molecule has 0 spiro atoms. The largest absolute Gasteiger partial charge is 0.508 e. The van der Waals surface area contributed by atoms with Crippen molar-refractivity contribution in [3.05, 3.63) is 36.0 Å². The van der Waals surface area contributed by atoms with Crippen LogP contribution in [0, 0.1) is 0 Å². The first-order chi connectivity index (χ1) is 9.04. The molecular weight excluding hydrogens is 246 g/mol. The van der Waals surface area contributed by atoms with Crippen LogP contribution < -0.4 is 0 Å². The number of aromatic hydroxyl groups is 1. The smallest absolute Gasteiger partial charge is 0.356 e. The number of benzene rings is 1. The topological polar surface area (TPSA) is 91.1 Å². The first-order valence-electron chi connectivity index (χ1n) is 5.64. The fraction of sp³-hybridized carbons (Fsp3) is 0.0769. The molecule has 3 rings (SSSR count). The van der Waals surface area contributed by atoms with Crippen molar-refractivity contribution in [3.8, 4) is 17.1 Å². The van der Waals surface area contributed by atoms with Gasteiger partial charge in [-0.2, -0.15) is 5.10 Å². The Balaban J connectivity index is 2.16. The molecule has 0 bridgehead atoms. The Morgan fingerprint density at radius 1 is 1.32 bits per heavy atom. The summed E-state index contributed by atoms with van der Waals surface area (Å²) < 4.78 is 1.51. The van der Waals surface area contributed by atoms with E-state index in [-0.39, 0.29) is 11.4 Å². The SMILES string of the molecule is Cn1nc(C(=O)O)cc1-c1cc2ccc(O)cc2[nH]1. The molecule has 19 heavy (non-hydrogen) atoms. The Hall–Kier alpha value is -2.76. The van der Waals surface area contributed by atoms with Crippen LogP contribution in [0.1, 0.15) is 10.5 Å². The van der Waals surface area contributed by atoms with Gasteiger partial charge in [0, 0.05) is 30.1 Å². The lowest BCUT2D eigenvalue weighted by atomic mass is 10.2. The second-order valence-corrected chi connectivity index (χ2v) is 4.30. The number of nitrogens with zero attached hydrogens (tertiary/aromatic N) is 2. The molecule has 0 aliphatic carbocycles. The highest BCUT2D eigenvalue weighted by molar-refractivity contribution is 5.89. The van der Waals surface area contributed by atoms with E-state index in [0.717, 1.165) is 16.6 Å². The zero-order chi connectivity index (χ0) is 13.6. The number of phenols is 1. The standard InChI is InChI=1S/C13H11N3O3/c1-16-12(6-11(15-16)13(18)19)10-4-7-2-3-8(17)5-9(7)14-10/h2-6,14,17H,1H3,(H,18,19). The van der Waals surface area contributed by atoms with E-state index in [1.54, 1.807) is 25.2 Å². The van der Waals surface area contributed by atoms with Crippen molar-refractivity contribution in [2.75, 3.05) is 0 Å². The molecule has 2 heterocycles. The number of hydrogen-bond acceptors (Lipinski definition) is 3. The van der Waals surface area contributed by atoms with Gasteiger partial charge in [-0.05, 0) is 18.2 Å². The number of rotatable bonds is 2. The van der Waals surface area contributed by atoms with Gasteiger partial charge in [0.25, 0.3) is 0 Å². The predicted molar refractivity (Wildman–Crippen MR) is 69.1 cm³/mol. The zero-order valence-electron chi connectivity index (χ0n) is 10.1. The molecule has 3 aromatic rings. The summed E-state index contributed by atoms with van der Waals surface area (Å²) in [7, 11) is 1.69. The van der Waals surface area contributed by atoms with E-state index >= 15 is 0 Å². The molecule has 0 aliphatic rings.